The van der Waals surface area contributed by atoms with E-state index in [1.54, 1.807) is 7.11 Å². The van der Waals surface area contributed by atoms with E-state index in [4.69, 9.17) is 14.9 Å². The summed E-state index contributed by atoms with van der Waals surface area (Å²) in [4.78, 5) is 0. The summed E-state index contributed by atoms with van der Waals surface area (Å²) in [5.74, 6) is 0. The second kappa shape index (κ2) is 6.28. The summed E-state index contributed by atoms with van der Waals surface area (Å²) in [6, 6.07) is 0. The van der Waals surface area contributed by atoms with E-state index in [2.05, 4.69) is 39.0 Å². The predicted molar refractivity (Wildman–Crippen MR) is 85.3 cm³/mol. The predicted octanol–water partition coefficient (Wildman–Crippen LogP) is 2.81. The van der Waals surface area contributed by atoms with Gasteiger partial charge >= 0.3 is 0 Å². The van der Waals surface area contributed by atoms with Gasteiger partial charge in [-0.15, -0.1) is 0 Å². The molecule has 1 heterocycles. The van der Waals surface area contributed by atoms with Crippen molar-refractivity contribution in [1.82, 2.24) is 9.78 Å². The van der Waals surface area contributed by atoms with Crippen LogP contribution in [0, 0.1) is 6.92 Å². The third kappa shape index (κ3) is 4.33. The maximum absolute atomic E-state index is 6.41. The van der Waals surface area contributed by atoms with E-state index in [1.807, 2.05) is 17.8 Å². The summed E-state index contributed by atoms with van der Waals surface area (Å²) in [5.41, 5.74) is 7.41. The average Bonchev–Trinajstić information content (AvgIpc) is 2.55. The smallest absolute Gasteiger partial charge is 0.192 e. The van der Waals surface area contributed by atoms with E-state index in [1.165, 1.54) is 0 Å². The minimum absolute atomic E-state index is 0.000378. The molecule has 1 atom stereocenters. The van der Waals surface area contributed by atoms with Gasteiger partial charge in [-0.3, -0.25) is 4.68 Å². The molecule has 0 aliphatic rings. The molecule has 0 radical (unpaired) electrons. The standard InChI is InChI=1S/C14H29N3O2Si/c1-11-13(15)9-17(16-11)8-12(10-18-5)19-20(6,7)14(2,3)4/h9,12H,8,10,15H2,1-7H3. The Balaban J connectivity index is 2.79. The number of nitrogen functional groups attached to an aromatic ring is 1. The number of nitrogens with two attached hydrogens (primary N) is 1. The van der Waals surface area contributed by atoms with Crippen LogP contribution in [0.3, 0.4) is 0 Å². The molecule has 6 heteroatoms. The minimum Gasteiger partial charge on any atom is -0.410 e. The summed E-state index contributed by atoms with van der Waals surface area (Å²) >= 11 is 0. The third-order valence-corrected chi connectivity index (χ3v) is 8.53. The summed E-state index contributed by atoms with van der Waals surface area (Å²) in [6.45, 7) is 14.3. The lowest BCUT2D eigenvalue weighted by atomic mass is 10.2. The van der Waals surface area contributed by atoms with E-state index in [0.29, 0.717) is 18.8 Å². The van der Waals surface area contributed by atoms with Crippen molar-refractivity contribution in [3.63, 3.8) is 0 Å². The highest BCUT2D eigenvalue weighted by atomic mass is 28.4. The van der Waals surface area contributed by atoms with Crippen molar-refractivity contribution in [2.45, 2.75) is 58.5 Å². The van der Waals surface area contributed by atoms with Gasteiger partial charge in [0.15, 0.2) is 8.32 Å². The molecular formula is C14H29N3O2Si. The monoisotopic (exact) mass is 299 g/mol. The summed E-state index contributed by atoms with van der Waals surface area (Å²) in [6.07, 6.45) is 1.85. The highest BCUT2D eigenvalue weighted by Gasteiger charge is 2.39. The third-order valence-electron chi connectivity index (χ3n) is 4.00. The Morgan fingerprint density at radius 3 is 2.40 bits per heavy atom. The van der Waals surface area contributed by atoms with Gasteiger partial charge in [-0.25, -0.2) is 0 Å². The number of nitrogens with zero attached hydrogens (tertiary/aromatic N) is 2. The van der Waals surface area contributed by atoms with Crippen molar-refractivity contribution in [2.75, 3.05) is 19.5 Å². The van der Waals surface area contributed by atoms with E-state index >= 15 is 0 Å². The van der Waals surface area contributed by atoms with Crippen LogP contribution in [0.25, 0.3) is 0 Å². The summed E-state index contributed by atoms with van der Waals surface area (Å²) in [7, 11) is -0.119. The van der Waals surface area contributed by atoms with Crippen LogP contribution in [0.1, 0.15) is 26.5 Å². The van der Waals surface area contributed by atoms with E-state index in [0.717, 1.165) is 5.69 Å². The number of rotatable bonds is 6. The maximum Gasteiger partial charge on any atom is 0.192 e. The quantitative estimate of drug-likeness (QED) is 0.821. The van der Waals surface area contributed by atoms with Crippen LogP contribution in [0.5, 0.6) is 0 Å². The van der Waals surface area contributed by atoms with Gasteiger partial charge < -0.3 is 14.9 Å². The fourth-order valence-corrected chi connectivity index (χ4v) is 3.07. The molecule has 2 N–H and O–H groups in total. The van der Waals surface area contributed by atoms with Crippen LogP contribution in [0.4, 0.5) is 5.69 Å². The highest BCUT2D eigenvalue weighted by molar-refractivity contribution is 6.74. The maximum atomic E-state index is 6.41. The first kappa shape index (κ1) is 17.2. The first-order chi connectivity index (χ1) is 9.06. The molecule has 0 saturated heterocycles. The van der Waals surface area contributed by atoms with Crippen LogP contribution in [0.15, 0.2) is 6.20 Å². The summed E-state index contributed by atoms with van der Waals surface area (Å²) in [5, 5.41) is 4.57. The molecule has 0 spiro atoms. The molecule has 116 valence electrons. The molecule has 0 aromatic carbocycles. The lowest BCUT2D eigenvalue weighted by Crippen LogP contribution is -2.46. The SMILES string of the molecule is COCC(Cn1cc(N)c(C)n1)O[Si](C)(C)C(C)(C)C. The van der Waals surface area contributed by atoms with Crippen LogP contribution < -0.4 is 5.73 Å². The first-order valence-electron chi connectivity index (χ1n) is 7.03. The molecule has 0 aliphatic heterocycles. The Bertz CT molecular complexity index is 419. The number of methoxy groups -OCH3 is 1. The van der Waals surface area contributed by atoms with Crippen molar-refractivity contribution in [3.05, 3.63) is 11.9 Å². The van der Waals surface area contributed by atoms with Gasteiger partial charge in [-0.2, -0.15) is 5.10 Å². The molecule has 1 rings (SSSR count). The molecule has 0 bridgehead atoms. The molecular weight excluding hydrogens is 270 g/mol. The molecule has 1 aromatic heterocycles. The van der Waals surface area contributed by atoms with Crippen LogP contribution in [-0.2, 0) is 15.7 Å². The molecule has 0 aliphatic carbocycles. The minimum atomic E-state index is -1.82. The van der Waals surface area contributed by atoms with Crippen molar-refractivity contribution in [3.8, 4) is 0 Å². The largest absolute Gasteiger partial charge is 0.410 e. The van der Waals surface area contributed by atoms with E-state index in [9.17, 15) is 0 Å². The van der Waals surface area contributed by atoms with Gasteiger partial charge in [-0.05, 0) is 25.1 Å². The normalized spacial score (nSPS) is 14.6. The highest BCUT2D eigenvalue weighted by Crippen LogP contribution is 2.37. The average molecular weight is 299 g/mol. The number of ether oxygens (including phenoxy) is 1. The number of hydrogen-bond donors (Lipinski definition) is 1. The number of aromatic nitrogens is 2. The Labute approximate surface area is 123 Å². The Hall–Kier alpha value is -0.853. The van der Waals surface area contributed by atoms with Gasteiger partial charge in [0.25, 0.3) is 0 Å². The van der Waals surface area contributed by atoms with E-state index in [-0.39, 0.29) is 11.1 Å². The molecule has 1 unspecified atom stereocenters. The molecule has 0 amide bonds. The molecule has 1 aromatic rings. The zero-order chi connectivity index (χ0) is 15.6. The molecule has 0 saturated carbocycles. The lowest BCUT2D eigenvalue weighted by molar-refractivity contribution is 0.0586. The Morgan fingerprint density at radius 1 is 1.40 bits per heavy atom. The summed E-state index contributed by atoms with van der Waals surface area (Å²) < 4.78 is 13.6. The van der Waals surface area contributed by atoms with Crippen molar-refractivity contribution < 1.29 is 9.16 Å². The number of hydrogen-bond acceptors (Lipinski definition) is 4. The van der Waals surface area contributed by atoms with Gasteiger partial charge in [0.1, 0.15) is 0 Å². The van der Waals surface area contributed by atoms with Crippen LogP contribution in [-0.4, -0.2) is 37.9 Å². The molecule has 5 nitrogen and oxygen atoms in total. The van der Waals surface area contributed by atoms with Gasteiger partial charge in [0.05, 0.1) is 30.6 Å². The fraction of sp³-hybridized carbons (Fsp3) is 0.786. The zero-order valence-corrected chi connectivity index (χ0v) is 14.9. The second-order valence-electron chi connectivity index (χ2n) is 6.85. The van der Waals surface area contributed by atoms with Crippen molar-refractivity contribution >= 4 is 14.0 Å². The molecule has 0 fully saturated rings. The topological polar surface area (TPSA) is 62.3 Å². The molecule has 20 heavy (non-hydrogen) atoms. The van der Waals surface area contributed by atoms with Gasteiger partial charge in [0.2, 0.25) is 0 Å². The Kier molecular flexibility index (Phi) is 5.40. The lowest BCUT2D eigenvalue weighted by Gasteiger charge is -2.39. The number of aryl methyl sites for hydroxylation is 1. The zero-order valence-electron chi connectivity index (χ0n) is 13.9. The van der Waals surface area contributed by atoms with Gasteiger partial charge in [-0.1, -0.05) is 20.8 Å². The fourth-order valence-electron chi connectivity index (χ4n) is 1.74. The van der Waals surface area contributed by atoms with Crippen molar-refractivity contribution in [1.29, 1.82) is 0 Å². The number of anilines is 1. The van der Waals surface area contributed by atoms with E-state index < -0.39 is 8.32 Å². The van der Waals surface area contributed by atoms with Crippen LogP contribution in [0.2, 0.25) is 18.1 Å². The van der Waals surface area contributed by atoms with Crippen molar-refractivity contribution in [2.24, 2.45) is 0 Å². The van der Waals surface area contributed by atoms with Crippen LogP contribution >= 0.6 is 0 Å². The second-order valence-corrected chi connectivity index (χ2v) is 11.6. The first-order valence-corrected chi connectivity index (χ1v) is 9.94. The van der Waals surface area contributed by atoms with Gasteiger partial charge in [0, 0.05) is 13.3 Å². The Morgan fingerprint density at radius 2 is 2.00 bits per heavy atom.